The molecule has 4 rings (SSSR count). The fourth-order valence-electron chi connectivity index (χ4n) is 6.64. The summed E-state index contributed by atoms with van der Waals surface area (Å²) in [4.78, 5) is 46.4. The monoisotopic (exact) mass is 628 g/mol. The molecular formula is C35H46Cl2N2O4. The maximum absolute atomic E-state index is 14.6. The van der Waals surface area contributed by atoms with E-state index in [2.05, 4.69) is 20.8 Å². The third-order valence-electron chi connectivity index (χ3n) is 9.16. The third kappa shape index (κ3) is 7.62. The van der Waals surface area contributed by atoms with Crippen LogP contribution < -0.4 is 0 Å². The number of rotatable bonds is 9. The van der Waals surface area contributed by atoms with Crippen LogP contribution in [0, 0.1) is 16.7 Å². The first-order valence-electron chi connectivity index (χ1n) is 15.5. The van der Waals surface area contributed by atoms with E-state index in [1.165, 1.54) is 0 Å². The van der Waals surface area contributed by atoms with Crippen molar-refractivity contribution in [2.75, 3.05) is 0 Å². The van der Waals surface area contributed by atoms with Crippen molar-refractivity contribution in [3.8, 4) is 0 Å². The standard InChI is InChI=1S/C35H46Cl2N2O4/c1-22(2)43-32(42)24-10-8-23(9-11-24)29(14-15-33(3,4)5)39-31(41)30(25-18-27(36)20-28(37)19-25)38-35(39)16-12-26(13-17-35)34(6,7)21-40/h8,10,18-22,26,29H,9,11-17H2,1-7H3/t26?,29-,35?/m1/s1. The van der Waals surface area contributed by atoms with Crippen LogP contribution in [0.3, 0.4) is 0 Å². The number of allylic oxidation sites excluding steroid dienone is 2. The number of carbonyl (C=O) groups excluding carboxylic acids is 3. The number of carbonyl (C=O) groups is 3. The van der Waals surface area contributed by atoms with Gasteiger partial charge in [-0.3, -0.25) is 9.79 Å². The van der Waals surface area contributed by atoms with Crippen molar-refractivity contribution in [1.82, 2.24) is 4.90 Å². The SMILES string of the molecule is CC(C)OC(=O)C1=CC=C([C@@H](CCC(C)(C)C)N2C(=O)C(c3cc(Cl)cc(Cl)c3)=NC23CCC(C(C)(C)C=O)CC3)CC1. The van der Waals surface area contributed by atoms with Gasteiger partial charge in [0.15, 0.2) is 0 Å². The van der Waals surface area contributed by atoms with Crippen molar-refractivity contribution in [3.63, 3.8) is 0 Å². The molecule has 1 spiro atoms. The second-order valence-electron chi connectivity index (χ2n) is 14.5. The van der Waals surface area contributed by atoms with Crippen LogP contribution in [0.5, 0.6) is 0 Å². The van der Waals surface area contributed by atoms with Gasteiger partial charge in [-0.2, -0.15) is 0 Å². The smallest absolute Gasteiger partial charge is 0.334 e. The Balaban J connectivity index is 1.78. The molecule has 6 nitrogen and oxygen atoms in total. The number of aliphatic imine (C=N–C) groups is 1. The maximum Gasteiger partial charge on any atom is 0.334 e. The number of aldehydes is 1. The summed E-state index contributed by atoms with van der Waals surface area (Å²) in [5.74, 6) is -0.197. The van der Waals surface area contributed by atoms with Crippen LogP contribution in [0.2, 0.25) is 10.0 Å². The van der Waals surface area contributed by atoms with E-state index in [4.69, 9.17) is 32.9 Å². The fourth-order valence-corrected chi connectivity index (χ4v) is 7.16. The van der Waals surface area contributed by atoms with Gasteiger partial charge in [0, 0.05) is 26.6 Å². The molecular weight excluding hydrogens is 583 g/mol. The average Bonchev–Trinajstić information content (AvgIpc) is 3.19. The minimum Gasteiger partial charge on any atom is -0.460 e. The van der Waals surface area contributed by atoms with Crippen LogP contribution in [-0.2, 0) is 19.1 Å². The highest BCUT2D eigenvalue weighted by Crippen LogP contribution is 2.49. The average molecular weight is 630 g/mol. The first-order valence-corrected chi connectivity index (χ1v) is 16.3. The summed E-state index contributed by atoms with van der Waals surface area (Å²) >= 11 is 12.8. The summed E-state index contributed by atoms with van der Waals surface area (Å²) in [6.45, 7) is 14.3. The number of esters is 1. The number of ether oxygens (including phenoxy) is 1. The highest BCUT2D eigenvalue weighted by atomic mass is 35.5. The molecule has 1 aliphatic heterocycles. The van der Waals surface area contributed by atoms with Gasteiger partial charge in [-0.05, 0) is 100 Å². The van der Waals surface area contributed by atoms with Crippen LogP contribution in [0.25, 0.3) is 0 Å². The molecule has 1 amide bonds. The zero-order valence-electron chi connectivity index (χ0n) is 26.6. The number of nitrogens with zero attached hydrogens (tertiary/aromatic N) is 2. The topological polar surface area (TPSA) is 76.0 Å². The summed E-state index contributed by atoms with van der Waals surface area (Å²) in [5.41, 5.74) is 1.65. The van der Waals surface area contributed by atoms with Gasteiger partial charge in [0.1, 0.15) is 17.7 Å². The third-order valence-corrected chi connectivity index (χ3v) is 9.60. The zero-order valence-corrected chi connectivity index (χ0v) is 28.1. The normalized spacial score (nSPS) is 23.7. The van der Waals surface area contributed by atoms with Gasteiger partial charge in [-0.1, -0.05) is 70.0 Å². The van der Waals surface area contributed by atoms with Gasteiger partial charge < -0.3 is 14.4 Å². The van der Waals surface area contributed by atoms with Crippen molar-refractivity contribution in [2.45, 2.75) is 118 Å². The van der Waals surface area contributed by atoms with Gasteiger partial charge in [-0.15, -0.1) is 0 Å². The molecule has 0 radical (unpaired) electrons. The molecule has 0 unspecified atom stereocenters. The highest BCUT2D eigenvalue weighted by Gasteiger charge is 2.53. The molecule has 1 aromatic rings. The van der Waals surface area contributed by atoms with Crippen molar-refractivity contribution < 1.29 is 19.1 Å². The van der Waals surface area contributed by atoms with Gasteiger partial charge in [0.25, 0.3) is 5.91 Å². The quantitative estimate of drug-likeness (QED) is 0.203. The Morgan fingerprint density at radius 1 is 1.07 bits per heavy atom. The van der Waals surface area contributed by atoms with Crippen LogP contribution in [0.4, 0.5) is 0 Å². The molecule has 43 heavy (non-hydrogen) atoms. The first kappa shape index (κ1) is 33.5. The molecule has 1 saturated carbocycles. The first-order chi connectivity index (χ1) is 20.0. The summed E-state index contributed by atoms with van der Waals surface area (Å²) in [5, 5.41) is 0.902. The molecule has 8 heteroatoms. The highest BCUT2D eigenvalue weighted by molar-refractivity contribution is 6.48. The molecule has 1 aromatic carbocycles. The summed E-state index contributed by atoms with van der Waals surface area (Å²) in [6.07, 6.45) is 10.6. The molecule has 0 saturated heterocycles. The lowest BCUT2D eigenvalue weighted by Crippen LogP contribution is -2.55. The molecule has 0 bridgehead atoms. The van der Waals surface area contributed by atoms with Gasteiger partial charge in [0.05, 0.1) is 12.1 Å². The van der Waals surface area contributed by atoms with Crippen molar-refractivity contribution in [3.05, 3.63) is 57.1 Å². The van der Waals surface area contributed by atoms with Gasteiger partial charge >= 0.3 is 5.97 Å². The van der Waals surface area contributed by atoms with E-state index in [1.807, 2.05) is 44.7 Å². The molecule has 1 atom stereocenters. The number of hydrogen-bond donors (Lipinski definition) is 0. The Hall–Kier alpha value is -2.44. The van der Waals surface area contributed by atoms with Crippen molar-refractivity contribution in [2.24, 2.45) is 21.7 Å². The molecule has 0 N–H and O–H groups in total. The Morgan fingerprint density at radius 3 is 2.21 bits per heavy atom. The van der Waals surface area contributed by atoms with Gasteiger partial charge in [-0.25, -0.2) is 4.79 Å². The van der Waals surface area contributed by atoms with E-state index in [-0.39, 0.29) is 35.4 Å². The summed E-state index contributed by atoms with van der Waals surface area (Å²) in [7, 11) is 0. The van der Waals surface area contributed by atoms with E-state index < -0.39 is 11.1 Å². The fraction of sp³-hybridized carbons (Fsp3) is 0.600. The van der Waals surface area contributed by atoms with E-state index in [0.717, 1.165) is 37.5 Å². The molecule has 0 aromatic heterocycles. The number of benzene rings is 1. The van der Waals surface area contributed by atoms with Crippen molar-refractivity contribution >= 4 is 47.1 Å². The predicted molar refractivity (Wildman–Crippen MR) is 173 cm³/mol. The molecule has 1 fully saturated rings. The minimum absolute atomic E-state index is 0.0568. The Labute approximate surface area is 266 Å². The van der Waals surface area contributed by atoms with E-state index in [1.54, 1.807) is 18.2 Å². The minimum atomic E-state index is -0.735. The van der Waals surface area contributed by atoms with Gasteiger partial charge in [0.2, 0.25) is 0 Å². The zero-order chi connectivity index (χ0) is 31.7. The summed E-state index contributed by atoms with van der Waals surface area (Å²) < 4.78 is 5.45. The molecule has 3 aliphatic rings. The van der Waals surface area contributed by atoms with Crippen LogP contribution in [-0.4, -0.2) is 46.6 Å². The van der Waals surface area contributed by atoms with E-state index in [9.17, 15) is 14.4 Å². The maximum atomic E-state index is 14.6. The Morgan fingerprint density at radius 2 is 1.70 bits per heavy atom. The van der Waals surface area contributed by atoms with Crippen LogP contribution in [0.15, 0.2) is 46.5 Å². The largest absolute Gasteiger partial charge is 0.460 e. The summed E-state index contributed by atoms with van der Waals surface area (Å²) in [6, 6.07) is 4.96. The lowest BCUT2D eigenvalue weighted by atomic mass is 9.69. The van der Waals surface area contributed by atoms with Crippen LogP contribution in [0.1, 0.15) is 105 Å². The number of hydrogen-bond acceptors (Lipinski definition) is 5. The van der Waals surface area contributed by atoms with E-state index >= 15 is 0 Å². The lowest BCUT2D eigenvalue weighted by molar-refractivity contribution is -0.143. The second-order valence-corrected chi connectivity index (χ2v) is 15.4. The second kappa shape index (κ2) is 12.9. The Bertz CT molecular complexity index is 1320. The number of halogens is 2. The molecule has 1 heterocycles. The predicted octanol–water partition coefficient (Wildman–Crippen LogP) is 8.53. The molecule has 234 valence electrons. The Kier molecular flexibility index (Phi) is 10.0. The van der Waals surface area contributed by atoms with Crippen molar-refractivity contribution in [1.29, 1.82) is 0 Å². The van der Waals surface area contributed by atoms with E-state index in [0.29, 0.717) is 52.6 Å². The number of amides is 1. The lowest BCUT2D eigenvalue weighted by Gasteiger charge is -2.48. The molecule has 2 aliphatic carbocycles. The van der Waals surface area contributed by atoms with Crippen LogP contribution >= 0.6 is 23.2 Å².